The van der Waals surface area contributed by atoms with E-state index in [0.29, 0.717) is 4.88 Å². The molecule has 1 heterocycles. The monoisotopic (exact) mass is 378 g/mol. The first kappa shape index (κ1) is 14.7. The molecule has 0 saturated carbocycles. The summed E-state index contributed by atoms with van der Waals surface area (Å²) in [6.45, 7) is 0. The fourth-order valence-corrected chi connectivity index (χ4v) is 4.69. The third kappa shape index (κ3) is 3.45. The van der Waals surface area contributed by atoms with Crippen LogP contribution in [0.2, 0.25) is 5.02 Å². The highest BCUT2D eigenvalue weighted by Crippen LogP contribution is 2.25. The first-order valence-corrected chi connectivity index (χ1v) is 8.80. The van der Waals surface area contributed by atoms with Crippen molar-refractivity contribution in [1.29, 1.82) is 0 Å². The second-order valence-corrected chi connectivity index (χ2v) is 8.54. The number of benzene rings is 1. The number of Topliss-reactive ketones (excluding diaryl/α,β-unsaturated/α-hetero) is 1. The molecule has 0 bridgehead atoms. The zero-order chi connectivity index (χ0) is 14.0. The third-order valence-electron chi connectivity index (χ3n) is 2.34. The number of halogens is 2. The van der Waals surface area contributed by atoms with Gasteiger partial charge < -0.3 is 0 Å². The Morgan fingerprint density at radius 1 is 1.21 bits per heavy atom. The number of carbonyl (C=O) groups excluding carboxylic acids is 1. The largest absolute Gasteiger partial charge is 0.292 e. The number of sulfone groups is 1. The van der Waals surface area contributed by atoms with E-state index in [1.807, 2.05) is 0 Å². The van der Waals surface area contributed by atoms with Crippen LogP contribution in [-0.4, -0.2) is 20.0 Å². The highest BCUT2D eigenvalue weighted by Gasteiger charge is 2.23. The normalized spacial score (nSPS) is 11.5. The molecule has 0 amide bonds. The Balaban J connectivity index is 2.28. The van der Waals surface area contributed by atoms with Gasteiger partial charge in [0, 0.05) is 0 Å². The number of hydrogen-bond acceptors (Lipinski definition) is 4. The van der Waals surface area contributed by atoms with Crippen molar-refractivity contribution in [1.82, 2.24) is 0 Å². The van der Waals surface area contributed by atoms with Gasteiger partial charge in [0.1, 0.15) is 5.75 Å². The number of hydrogen-bond donors (Lipinski definition) is 0. The second-order valence-electron chi connectivity index (χ2n) is 3.72. The van der Waals surface area contributed by atoms with Gasteiger partial charge in [0.2, 0.25) is 0 Å². The Bertz CT molecular complexity index is 722. The molecule has 0 aliphatic carbocycles. The zero-order valence-electron chi connectivity index (χ0n) is 9.47. The van der Waals surface area contributed by atoms with Crippen molar-refractivity contribution in [2.75, 3.05) is 5.75 Å². The SMILES string of the molecule is O=C(CS(=O)(=O)c1ccccc1Cl)c1ccc(Br)s1. The van der Waals surface area contributed by atoms with Crippen molar-refractivity contribution in [2.45, 2.75) is 4.90 Å². The molecule has 3 nitrogen and oxygen atoms in total. The number of thiophene rings is 1. The van der Waals surface area contributed by atoms with Crippen LogP contribution >= 0.6 is 38.9 Å². The standard InChI is InChI=1S/C12H8BrClO3S2/c13-12-6-5-10(18-12)9(15)7-19(16,17)11-4-2-1-3-8(11)14/h1-6H,7H2. The van der Waals surface area contributed by atoms with E-state index < -0.39 is 21.4 Å². The number of rotatable bonds is 4. The maximum absolute atomic E-state index is 12.1. The molecule has 0 aliphatic heterocycles. The first-order valence-electron chi connectivity index (χ1n) is 5.16. The minimum absolute atomic E-state index is 0.0133. The van der Waals surface area contributed by atoms with Crippen molar-refractivity contribution in [3.63, 3.8) is 0 Å². The lowest BCUT2D eigenvalue weighted by Crippen LogP contribution is -2.15. The molecule has 100 valence electrons. The van der Waals surface area contributed by atoms with Crippen molar-refractivity contribution in [3.8, 4) is 0 Å². The molecule has 7 heteroatoms. The molecule has 19 heavy (non-hydrogen) atoms. The Hall–Kier alpha value is -0.690. The van der Waals surface area contributed by atoms with E-state index in [9.17, 15) is 13.2 Å². The summed E-state index contributed by atoms with van der Waals surface area (Å²) in [5.41, 5.74) is 0. The van der Waals surface area contributed by atoms with Gasteiger partial charge in [-0.2, -0.15) is 0 Å². The van der Waals surface area contributed by atoms with Crippen LogP contribution < -0.4 is 0 Å². The summed E-state index contributed by atoms with van der Waals surface area (Å²) < 4.78 is 25.0. The van der Waals surface area contributed by atoms with Gasteiger partial charge in [0.05, 0.1) is 18.6 Å². The lowest BCUT2D eigenvalue weighted by Gasteiger charge is -2.04. The van der Waals surface area contributed by atoms with Gasteiger partial charge in [-0.1, -0.05) is 23.7 Å². The predicted molar refractivity (Wildman–Crippen MR) is 79.9 cm³/mol. The van der Waals surface area contributed by atoms with Gasteiger partial charge in [-0.3, -0.25) is 4.79 Å². The summed E-state index contributed by atoms with van der Waals surface area (Å²) in [4.78, 5) is 12.3. The molecule has 0 atom stereocenters. The smallest absolute Gasteiger partial charge is 0.188 e. The Kier molecular flexibility index (Phi) is 4.45. The van der Waals surface area contributed by atoms with Gasteiger partial charge in [-0.05, 0) is 40.2 Å². The number of ketones is 1. The quantitative estimate of drug-likeness (QED) is 0.759. The first-order chi connectivity index (χ1) is 8.90. The average molecular weight is 380 g/mol. The van der Waals surface area contributed by atoms with E-state index in [0.717, 1.165) is 3.79 Å². The van der Waals surface area contributed by atoms with Crippen LogP contribution in [0.1, 0.15) is 9.67 Å². The molecule has 1 aromatic carbocycles. The molecule has 0 radical (unpaired) electrons. The maximum atomic E-state index is 12.1. The van der Waals surface area contributed by atoms with Crippen LogP contribution in [-0.2, 0) is 9.84 Å². The van der Waals surface area contributed by atoms with Gasteiger partial charge in [0.25, 0.3) is 0 Å². The van der Waals surface area contributed by atoms with Crippen molar-refractivity contribution in [3.05, 3.63) is 50.1 Å². The van der Waals surface area contributed by atoms with Crippen LogP contribution in [0.4, 0.5) is 0 Å². The van der Waals surface area contributed by atoms with Crippen LogP contribution in [0, 0.1) is 0 Å². The number of carbonyl (C=O) groups is 1. The molecule has 2 aromatic rings. The van der Waals surface area contributed by atoms with Crippen LogP contribution in [0.15, 0.2) is 45.1 Å². The summed E-state index contributed by atoms with van der Waals surface area (Å²) in [6.07, 6.45) is 0. The predicted octanol–water partition coefficient (Wildman–Crippen LogP) is 3.82. The second kappa shape index (κ2) is 5.75. The maximum Gasteiger partial charge on any atom is 0.188 e. The summed E-state index contributed by atoms with van der Waals surface area (Å²) in [7, 11) is -3.72. The molecular formula is C12H8BrClO3S2. The lowest BCUT2D eigenvalue weighted by molar-refractivity contribution is 0.102. The van der Waals surface area contributed by atoms with E-state index in [1.165, 1.54) is 23.5 Å². The molecule has 0 fully saturated rings. The van der Waals surface area contributed by atoms with Gasteiger partial charge >= 0.3 is 0 Å². The molecular weight excluding hydrogens is 372 g/mol. The molecule has 2 rings (SSSR count). The summed E-state index contributed by atoms with van der Waals surface area (Å²) in [5.74, 6) is -1.01. The molecule has 0 unspecified atom stereocenters. The summed E-state index contributed by atoms with van der Waals surface area (Å²) in [5, 5.41) is 0.127. The molecule has 0 N–H and O–H groups in total. The molecule has 1 aromatic heterocycles. The van der Waals surface area contributed by atoms with E-state index in [4.69, 9.17) is 11.6 Å². The molecule has 0 spiro atoms. The van der Waals surface area contributed by atoms with E-state index in [1.54, 1.807) is 24.3 Å². The summed E-state index contributed by atoms with van der Waals surface area (Å²) in [6, 6.07) is 9.40. The van der Waals surface area contributed by atoms with E-state index >= 15 is 0 Å². The minimum atomic E-state index is -3.72. The highest BCUT2D eigenvalue weighted by molar-refractivity contribution is 9.11. The Morgan fingerprint density at radius 2 is 1.89 bits per heavy atom. The molecule has 0 saturated heterocycles. The average Bonchev–Trinajstić information content (AvgIpc) is 2.76. The van der Waals surface area contributed by atoms with E-state index in [2.05, 4.69) is 15.9 Å². The fraction of sp³-hybridized carbons (Fsp3) is 0.0833. The fourth-order valence-electron chi connectivity index (χ4n) is 1.48. The summed E-state index contributed by atoms with van der Waals surface area (Å²) >= 11 is 10.3. The van der Waals surface area contributed by atoms with Gasteiger partial charge in [-0.25, -0.2) is 8.42 Å². The Morgan fingerprint density at radius 3 is 2.47 bits per heavy atom. The zero-order valence-corrected chi connectivity index (χ0v) is 13.4. The minimum Gasteiger partial charge on any atom is -0.292 e. The third-order valence-corrected chi connectivity index (χ3v) is 6.12. The topological polar surface area (TPSA) is 51.2 Å². The van der Waals surface area contributed by atoms with Crippen molar-refractivity contribution in [2.24, 2.45) is 0 Å². The lowest BCUT2D eigenvalue weighted by atomic mass is 10.3. The van der Waals surface area contributed by atoms with Crippen LogP contribution in [0.5, 0.6) is 0 Å². The van der Waals surface area contributed by atoms with Crippen LogP contribution in [0.3, 0.4) is 0 Å². The van der Waals surface area contributed by atoms with E-state index in [-0.39, 0.29) is 9.92 Å². The van der Waals surface area contributed by atoms with Crippen molar-refractivity contribution >= 4 is 54.5 Å². The van der Waals surface area contributed by atoms with Crippen LogP contribution in [0.25, 0.3) is 0 Å². The van der Waals surface area contributed by atoms with Gasteiger partial charge in [0.15, 0.2) is 15.6 Å². The highest BCUT2D eigenvalue weighted by atomic mass is 79.9. The van der Waals surface area contributed by atoms with Gasteiger partial charge in [-0.15, -0.1) is 11.3 Å². The Labute approximate surface area is 128 Å². The van der Waals surface area contributed by atoms with Crippen molar-refractivity contribution < 1.29 is 13.2 Å². The molecule has 0 aliphatic rings.